The van der Waals surface area contributed by atoms with Crippen molar-refractivity contribution >= 4 is 23.4 Å². The molecule has 0 amide bonds. The Bertz CT molecular complexity index is 881. The number of rotatable bonds is 4. The van der Waals surface area contributed by atoms with E-state index in [0.717, 1.165) is 13.2 Å². The van der Waals surface area contributed by atoms with E-state index >= 15 is 0 Å². The summed E-state index contributed by atoms with van der Waals surface area (Å²) in [6.07, 6.45) is -1.07. The third-order valence-electron chi connectivity index (χ3n) is 4.37. The molecule has 30 heavy (non-hydrogen) atoms. The van der Waals surface area contributed by atoms with Gasteiger partial charge in [-0.3, -0.25) is 4.99 Å². The SMILES string of the molecule is COC1=C(F)C(Cl)(C2(C(F)F)COCC(N)=N2)CC([NH-])=C1.O=C(O)c1ccccn1. The van der Waals surface area contributed by atoms with Crippen molar-refractivity contribution in [3.8, 4) is 0 Å². The summed E-state index contributed by atoms with van der Waals surface area (Å²) in [4.78, 5) is 15.1. The molecule has 4 N–H and O–H groups in total. The van der Waals surface area contributed by atoms with Gasteiger partial charge in [0.2, 0.25) is 0 Å². The Kier molecular flexibility index (Phi) is 7.32. The molecule has 0 bridgehead atoms. The van der Waals surface area contributed by atoms with E-state index in [4.69, 9.17) is 37.6 Å². The molecule has 2 heterocycles. The number of aromatic carboxylic acids is 1. The Morgan fingerprint density at radius 3 is 2.63 bits per heavy atom. The van der Waals surface area contributed by atoms with Crippen molar-refractivity contribution in [3.63, 3.8) is 0 Å². The van der Waals surface area contributed by atoms with Crippen molar-refractivity contribution < 1.29 is 32.5 Å². The van der Waals surface area contributed by atoms with Crippen LogP contribution in [0.5, 0.6) is 0 Å². The molecule has 8 nitrogen and oxygen atoms in total. The van der Waals surface area contributed by atoms with E-state index < -0.39 is 41.7 Å². The Morgan fingerprint density at radius 1 is 1.47 bits per heavy atom. The minimum absolute atomic E-state index is 0.0810. The number of aromatic nitrogens is 1. The van der Waals surface area contributed by atoms with E-state index in [1.54, 1.807) is 12.1 Å². The third-order valence-corrected chi connectivity index (χ3v) is 5.00. The number of nitrogens with one attached hydrogen (secondary N) is 1. The number of hydrogen-bond donors (Lipinski definition) is 2. The third kappa shape index (κ3) is 4.51. The number of carboxylic acid groups (broad SMARTS) is 1. The second kappa shape index (κ2) is 9.35. The number of amidine groups is 1. The van der Waals surface area contributed by atoms with Gasteiger partial charge >= 0.3 is 5.97 Å². The quantitative estimate of drug-likeness (QED) is 0.681. The fourth-order valence-corrected chi connectivity index (χ4v) is 3.32. The summed E-state index contributed by atoms with van der Waals surface area (Å²) in [6.45, 7) is -0.736. The van der Waals surface area contributed by atoms with Crippen LogP contribution in [0, 0.1) is 0 Å². The number of allylic oxidation sites excluding steroid dienone is 2. The van der Waals surface area contributed by atoms with Gasteiger partial charge < -0.3 is 26.0 Å². The molecule has 0 radical (unpaired) electrons. The van der Waals surface area contributed by atoms with Crippen LogP contribution in [-0.4, -0.2) is 59.1 Å². The number of aliphatic imine (C=N–C) groups is 1. The number of ether oxygens (including phenoxy) is 2. The first-order valence-corrected chi connectivity index (χ1v) is 8.85. The summed E-state index contributed by atoms with van der Waals surface area (Å²) in [5.74, 6) is -2.67. The van der Waals surface area contributed by atoms with Crippen LogP contribution in [0.1, 0.15) is 16.9 Å². The molecule has 2 unspecified atom stereocenters. The van der Waals surface area contributed by atoms with Gasteiger partial charge in [0.15, 0.2) is 17.1 Å². The second-order valence-corrected chi connectivity index (χ2v) is 7.02. The Labute approximate surface area is 175 Å². The average molecular weight is 448 g/mol. The molecule has 12 heteroatoms. The highest BCUT2D eigenvalue weighted by molar-refractivity contribution is 6.27. The molecule has 164 valence electrons. The van der Waals surface area contributed by atoms with E-state index in [2.05, 4.69) is 9.98 Å². The summed E-state index contributed by atoms with van der Waals surface area (Å²) in [6, 6.07) is 4.76. The first-order chi connectivity index (χ1) is 14.1. The number of alkyl halides is 3. The van der Waals surface area contributed by atoms with Crippen LogP contribution < -0.4 is 5.73 Å². The van der Waals surface area contributed by atoms with Crippen LogP contribution in [0.4, 0.5) is 13.2 Å². The fourth-order valence-electron chi connectivity index (χ4n) is 2.91. The molecule has 2 aliphatic rings. The Balaban J connectivity index is 0.000000297. The molecule has 1 aliphatic heterocycles. The number of nitrogens with zero attached hydrogens (tertiary/aromatic N) is 2. The largest absolute Gasteiger partial charge is 0.702 e. The van der Waals surface area contributed by atoms with Gasteiger partial charge in [0, 0.05) is 6.20 Å². The van der Waals surface area contributed by atoms with Gasteiger partial charge in [-0.1, -0.05) is 6.07 Å². The molecular formula is C18H19ClF3N4O4-. The van der Waals surface area contributed by atoms with Gasteiger partial charge in [-0.2, -0.15) is 5.70 Å². The van der Waals surface area contributed by atoms with E-state index in [1.807, 2.05) is 0 Å². The van der Waals surface area contributed by atoms with Crippen LogP contribution in [0.15, 0.2) is 52.7 Å². The van der Waals surface area contributed by atoms with Crippen molar-refractivity contribution in [3.05, 3.63) is 59.2 Å². The predicted molar refractivity (Wildman–Crippen MR) is 103 cm³/mol. The summed E-state index contributed by atoms with van der Waals surface area (Å²) in [7, 11) is 1.16. The molecule has 0 fully saturated rings. The second-order valence-electron chi connectivity index (χ2n) is 6.37. The minimum atomic E-state index is -3.14. The Morgan fingerprint density at radius 2 is 2.17 bits per heavy atom. The lowest BCUT2D eigenvalue weighted by atomic mass is 9.77. The standard InChI is InChI=1S/C12H14ClF3N3O2.C6H5NO2/c1-20-7-2-6(17)3-11(13,9(7)14)12(10(15)16)5-21-4-8(18)19-12;8-6(9)5-3-1-2-4-7-5/h2,10,17H,3-5H2,1H3,(H2,18,19);1-4H,(H,8,9)/q-1;. The van der Waals surface area contributed by atoms with Gasteiger partial charge in [-0.05, 0) is 24.6 Å². The van der Waals surface area contributed by atoms with Crippen LogP contribution in [0.2, 0.25) is 0 Å². The van der Waals surface area contributed by atoms with E-state index in [0.29, 0.717) is 0 Å². The van der Waals surface area contributed by atoms with Crippen molar-refractivity contribution in [2.75, 3.05) is 20.3 Å². The van der Waals surface area contributed by atoms with E-state index in [9.17, 15) is 18.0 Å². The molecule has 3 rings (SSSR count). The molecule has 1 aromatic rings. The smallest absolute Gasteiger partial charge is 0.354 e. The van der Waals surface area contributed by atoms with Crippen LogP contribution in [0.3, 0.4) is 0 Å². The number of carbonyl (C=O) groups is 1. The van der Waals surface area contributed by atoms with Gasteiger partial charge in [0.05, 0.1) is 13.7 Å². The fraction of sp³-hybridized carbons (Fsp3) is 0.389. The summed E-state index contributed by atoms with van der Waals surface area (Å²) >= 11 is 6.19. The highest BCUT2D eigenvalue weighted by Gasteiger charge is 2.62. The molecule has 2 atom stereocenters. The van der Waals surface area contributed by atoms with Crippen LogP contribution >= 0.6 is 11.6 Å². The zero-order valence-corrected chi connectivity index (χ0v) is 16.5. The summed E-state index contributed by atoms with van der Waals surface area (Å²) < 4.78 is 51.7. The topological polar surface area (TPSA) is 131 Å². The first kappa shape index (κ1) is 23.5. The molecule has 0 saturated carbocycles. The molecule has 0 spiro atoms. The number of nitrogens with two attached hydrogens (primary N) is 1. The van der Waals surface area contributed by atoms with Gasteiger partial charge in [0.1, 0.15) is 23.0 Å². The highest BCUT2D eigenvalue weighted by Crippen LogP contribution is 2.51. The maximum atomic E-state index is 14.6. The monoisotopic (exact) mass is 447 g/mol. The number of methoxy groups -OCH3 is 1. The van der Waals surface area contributed by atoms with Gasteiger partial charge in [-0.15, -0.1) is 11.6 Å². The molecule has 0 aromatic carbocycles. The van der Waals surface area contributed by atoms with Crippen LogP contribution in [-0.2, 0) is 9.47 Å². The first-order valence-electron chi connectivity index (χ1n) is 8.47. The molecular weight excluding hydrogens is 429 g/mol. The maximum Gasteiger partial charge on any atom is 0.354 e. The summed E-state index contributed by atoms with van der Waals surface area (Å²) in [5.41, 5.74) is 10.7. The maximum absolute atomic E-state index is 14.6. The number of pyridine rings is 1. The van der Waals surface area contributed by atoms with Crippen molar-refractivity contribution in [2.24, 2.45) is 10.7 Å². The van der Waals surface area contributed by atoms with Crippen molar-refractivity contribution in [1.29, 1.82) is 0 Å². The lowest BCUT2D eigenvalue weighted by Gasteiger charge is -2.46. The minimum Gasteiger partial charge on any atom is -0.702 e. The lowest BCUT2D eigenvalue weighted by molar-refractivity contribution is -0.0308. The summed E-state index contributed by atoms with van der Waals surface area (Å²) in [5, 5.41) is 8.32. The lowest BCUT2D eigenvalue weighted by Crippen LogP contribution is -2.61. The van der Waals surface area contributed by atoms with Gasteiger partial charge in [0.25, 0.3) is 6.43 Å². The predicted octanol–water partition coefficient (Wildman–Crippen LogP) is 3.30. The molecule has 1 aromatic heterocycles. The number of carboxylic acids is 1. The number of halogens is 4. The Hall–Kier alpha value is -2.79. The normalized spacial score (nSPS) is 26.3. The van der Waals surface area contributed by atoms with E-state index in [-0.39, 0.29) is 29.6 Å². The van der Waals surface area contributed by atoms with Crippen LogP contribution in [0.25, 0.3) is 5.73 Å². The van der Waals surface area contributed by atoms with E-state index in [1.165, 1.54) is 12.3 Å². The number of hydrogen-bond acceptors (Lipinski definition) is 6. The zero-order valence-electron chi connectivity index (χ0n) is 15.7. The highest BCUT2D eigenvalue weighted by atomic mass is 35.5. The van der Waals surface area contributed by atoms with Crippen molar-refractivity contribution in [1.82, 2.24) is 4.98 Å². The van der Waals surface area contributed by atoms with Crippen molar-refractivity contribution in [2.45, 2.75) is 23.3 Å². The van der Waals surface area contributed by atoms with Gasteiger partial charge in [-0.25, -0.2) is 22.9 Å². The average Bonchev–Trinajstić information content (AvgIpc) is 2.71. The molecule has 0 saturated heterocycles. The molecule has 1 aliphatic carbocycles. The zero-order chi connectivity index (χ0) is 22.5.